The van der Waals surface area contributed by atoms with Gasteiger partial charge in [0.25, 0.3) is 0 Å². The van der Waals surface area contributed by atoms with Crippen LogP contribution >= 0.6 is 7.82 Å². The minimum Gasteiger partial charge on any atom is -0.390 e. The third kappa shape index (κ3) is 3.87. The Hall–Kier alpha value is -1.40. The number of aliphatic hydroxyl groups is 1. The van der Waals surface area contributed by atoms with Crippen molar-refractivity contribution in [3.05, 3.63) is 22.5 Å². The minimum atomic E-state index is -4.73. The number of hydrogen-bond acceptors (Lipinski definition) is 8. The number of rotatable bonds is 5. The van der Waals surface area contributed by atoms with Crippen molar-refractivity contribution in [1.82, 2.24) is 9.55 Å². The van der Waals surface area contributed by atoms with Crippen molar-refractivity contribution in [1.29, 1.82) is 0 Å². The van der Waals surface area contributed by atoms with Gasteiger partial charge in [-0.25, -0.2) is 19.2 Å². The number of nitrogens with one attached hydrogen (secondary N) is 1. The predicted molar refractivity (Wildman–Crippen MR) is 66.4 cm³/mol. The number of ether oxygens (including phenoxy) is 1. The molecule has 11 nitrogen and oxygen atoms in total. The maximum absolute atomic E-state index is 13.5. The fraction of sp³-hybridized carbons (Fsp3) is 0.556. The largest absolute Gasteiger partial charge is 0.469 e. The Balaban J connectivity index is 2.14. The summed E-state index contributed by atoms with van der Waals surface area (Å²) in [6.07, 6.45) is -2.80. The van der Waals surface area contributed by atoms with Crippen LogP contribution in [0.1, 0.15) is 12.6 Å². The number of anilines is 1. The van der Waals surface area contributed by atoms with Crippen LogP contribution in [0.3, 0.4) is 0 Å². The van der Waals surface area contributed by atoms with E-state index in [1.807, 2.05) is 0 Å². The van der Waals surface area contributed by atoms with E-state index < -0.39 is 50.2 Å². The molecule has 124 valence electrons. The lowest BCUT2D eigenvalue weighted by atomic mass is 10.2. The number of nitrogens with zero attached hydrogens (tertiary/aromatic N) is 2. The Bertz CT molecular complexity index is 648. The normalized spacial score (nSPS) is 25.4. The second-order valence-corrected chi connectivity index (χ2v) is 5.70. The quantitative estimate of drug-likeness (QED) is 0.329. The summed E-state index contributed by atoms with van der Waals surface area (Å²) in [6, 6.07) is 0. The highest BCUT2D eigenvalue weighted by Gasteiger charge is 2.37. The van der Waals surface area contributed by atoms with E-state index in [0.29, 0.717) is 0 Å². The third-order valence-electron chi connectivity index (χ3n) is 2.93. The van der Waals surface area contributed by atoms with Crippen LogP contribution in [0.5, 0.6) is 0 Å². The molecule has 0 unspecified atom stereocenters. The number of phosphoric acid groups is 1. The summed E-state index contributed by atoms with van der Waals surface area (Å²) in [7, 11) is -4.73. The van der Waals surface area contributed by atoms with Gasteiger partial charge in [-0.05, 0) is 0 Å². The zero-order valence-corrected chi connectivity index (χ0v) is 11.8. The summed E-state index contributed by atoms with van der Waals surface area (Å²) in [5.41, 5.74) is 0.460. The highest BCUT2D eigenvalue weighted by atomic mass is 31.2. The van der Waals surface area contributed by atoms with Crippen LogP contribution in [0.15, 0.2) is 11.0 Å². The molecule has 2 rings (SSSR count). The Kier molecular flexibility index (Phi) is 4.92. The molecule has 0 spiro atoms. The first-order valence-electron chi connectivity index (χ1n) is 5.93. The van der Waals surface area contributed by atoms with E-state index in [-0.39, 0.29) is 6.42 Å². The van der Waals surface area contributed by atoms with E-state index in [0.717, 1.165) is 10.8 Å². The second kappa shape index (κ2) is 6.38. The Morgan fingerprint density at radius 1 is 1.59 bits per heavy atom. The molecule has 0 saturated carbocycles. The Morgan fingerprint density at radius 2 is 2.27 bits per heavy atom. The maximum Gasteiger partial charge on any atom is 0.469 e. The van der Waals surface area contributed by atoms with Crippen LogP contribution in [0.25, 0.3) is 0 Å². The maximum atomic E-state index is 13.5. The topological polar surface area (TPSA) is 163 Å². The molecule has 1 fully saturated rings. The van der Waals surface area contributed by atoms with Crippen molar-refractivity contribution < 1.29 is 38.3 Å². The van der Waals surface area contributed by atoms with E-state index in [2.05, 4.69) is 9.51 Å². The van der Waals surface area contributed by atoms with E-state index in [4.69, 9.17) is 19.7 Å². The number of aromatic nitrogens is 2. The summed E-state index contributed by atoms with van der Waals surface area (Å²) < 4.78 is 34.3. The van der Waals surface area contributed by atoms with E-state index in [9.17, 15) is 18.9 Å². The highest BCUT2D eigenvalue weighted by molar-refractivity contribution is 7.46. The number of aliphatic hydroxyl groups excluding tert-OH is 1. The van der Waals surface area contributed by atoms with Gasteiger partial charge in [0, 0.05) is 6.42 Å². The fourth-order valence-corrected chi connectivity index (χ4v) is 2.28. The van der Waals surface area contributed by atoms with Gasteiger partial charge in [-0.15, -0.1) is 0 Å². The molecule has 0 aromatic carbocycles. The zero-order valence-electron chi connectivity index (χ0n) is 10.9. The standard InChI is InChI=1S/C9H13FN3O8P/c10-4-2-13(9(15)11-8(4)12-16)7-1-5(14)6(21-7)3-20-22(17,18)19/h2,5-7,14,16H,1,3H2,(H,11,12,15)(H2,17,18,19)/t5-,6+,7+/m0/s1. The molecule has 1 aromatic heterocycles. The molecule has 0 bridgehead atoms. The first-order valence-corrected chi connectivity index (χ1v) is 7.46. The summed E-state index contributed by atoms with van der Waals surface area (Å²) in [6.45, 7) is -0.608. The lowest BCUT2D eigenvalue weighted by molar-refractivity contribution is -0.0453. The van der Waals surface area contributed by atoms with Crippen LogP contribution in [0, 0.1) is 5.82 Å². The average molecular weight is 341 g/mol. The van der Waals surface area contributed by atoms with Crippen LogP contribution in [-0.2, 0) is 13.8 Å². The van der Waals surface area contributed by atoms with Crippen molar-refractivity contribution in [3.8, 4) is 0 Å². The molecule has 5 N–H and O–H groups in total. The Morgan fingerprint density at radius 3 is 2.86 bits per heavy atom. The van der Waals surface area contributed by atoms with Crippen molar-refractivity contribution in [2.24, 2.45) is 0 Å². The number of halogens is 1. The zero-order chi connectivity index (χ0) is 16.5. The molecule has 0 aliphatic carbocycles. The van der Waals surface area contributed by atoms with E-state index in [1.54, 1.807) is 0 Å². The minimum absolute atomic E-state index is 0.137. The number of hydrogen-bond donors (Lipinski definition) is 5. The molecule has 1 aromatic rings. The van der Waals surface area contributed by atoms with Gasteiger partial charge in [0.2, 0.25) is 0 Å². The van der Waals surface area contributed by atoms with Gasteiger partial charge in [-0.2, -0.15) is 4.98 Å². The molecule has 3 atom stereocenters. The van der Waals surface area contributed by atoms with Crippen molar-refractivity contribution in [2.45, 2.75) is 24.9 Å². The van der Waals surface area contributed by atoms with Gasteiger partial charge in [-0.3, -0.25) is 14.3 Å². The van der Waals surface area contributed by atoms with Crippen LogP contribution in [-0.4, -0.2) is 48.5 Å². The van der Waals surface area contributed by atoms with Crippen LogP contribution in [0.4, 0.5) is 10.2 Å². The lowest BCUT2D eigenvalue weighted by Gasteiger charge is -2.16. The van der Waals surface area contributed by atoms with Gasteiger partial charge in [-0.1, -0.05) is 0 Å². The van der Waals surface area contributed by atoms with Crippen molar-refractivity contribution in [2.75, 3.05) is 12.1 Å². The lowest BCUT2D eigenvalue weighted by Crippen LogP contribution is -2.29. The number of phosphoric ester groups is 1. The predicted octanol–water partition coefficient (Wildman–Crippen LogP) is -1.06. The second-order valence-electron chi connectivity index (χ2n) is 4.46. The smallest absolute Gasteiger partial charge is 0.390 e. The van der Waals surface area contributed by atoms with E-state index in [1.165, 1.54) is 5.48 Å². The molecule has 2 heterocycles. The monoisotopic (exact) mass is 341 g/mol. The van der Waals surface area contributed by atoms with Gasteiger partial charge in [0.15, 0.2) is 11.6 Å². The third-order valence-corrected chi connectivity index (χ3v) is 3.42. The van der Waals surface area contributed by atoms with Gasteiger partial charge >= 0.3 is 13.5 Å². The summed E-state index contributed by atoms with van der Waals surface area (Å²) in [5, 5.41) is 18.3. The molecule has 1 aliphatic heterocycles. The molecule has 0 radical (unpaired) electrons. The SMILES string of the molecule is O=c1nc(NO)c(F)cn1[C@H]1C[C@H](O)[C@@H](COP(=O)(O)O)O1. The summed E-state index contributed by atoms with van der Waals surface area (Å²) >= 11 is 0. The Labute approximate surface area is 122 Å². The first-order chi connectivity index (χ1) is 10.2. The molecule has 1 aliphatic rings. The molecule has 0 amide bonds. The molecular formula is C9H13FN3O8P. The molecule has 13 heteroatoms. The van der Waals surface area contributed by atoms with E-state index >= 15 is 0 Å². The van der Waals surface area contributed by atoms with Crippen LogP contribution < -0.4 is 11.2 Å². The fourth-order valence-electron chi connectivity index (χ4n) is 1.94. The average Bonchev–Trinajstić information content (AvgIpc) is 2.79. The molecular weight excluding hydrogens is 328 g/mol. The van der Waals surface area contributed by atoms with Gasteiger partial charge in [0.1, 0.15) is 12.3 Å². The van der Waals surface area contributed by atoms with Gasteiger partial charge < -0.3 is 19.6 Å². The molecule has 22 heavy (non-hydrogen) atoms. The molecule has 1 saturated heterocycles. The van der Waals surface area contributed by atoms with Crippen molar-refractivity contribution >= 4 is 13.6 Å². The van der Waals surface area contributed by atoms with Gasteiger partial charge in [0.05, 0.1) is 18.9 Å². The van der Waals surface area contributed by atoms with Crippen LogP contribution in [0.2, 0.25) is 0 Å². The first kappa shape index (κ1) is 17.0. The summed E-state index contributed by atoms with van der Waals surface area (Å²) in [5.74, 6) is -1.70. The summed E-state index contributed by atoms with van der Waals surface area (Å²) in [4.78, 5) is 32.1. The highest BCUT2D eigenvalue weighted by Crippen LogP contribution is 2.38. The van der Waals surface area contributed by atoms with Crippen molar-refractivity contribution in [3.63, 3.8) is 0 Å².